The SMILES string of the molecule is COCNC1CC1.Cl. The largest absolute Gasteiger partial charge is 0.370 e. The van der Waals surface area contributed by atoms with Crippen molar-refractivity contribution in [2.24, 2.45) is 0 Å². The van der Waals surface area contributed by atoms with Gasteiger partial charge in [0.15, 0.2) is 0 Å². The number of hydrogen-bond acceptors (Lipinski definition) is 2. The molecule has 1 rings (SSSR count). The molecule has 2 nitrogen and oxygen atoms in total. The van der Waals surface area contributed by atoms with E-state index in [1.807, 2.05) is 0 Å². The number of methoxy groups -OCH3 is 1. The summed E-state index contributed by atoms with van der Waals surface area (Å²) in [6, 6.07) is 0.778. The summed E-state index contributed by atoms with van der Waals surface area (Å²) in [7, 11) is 1.70. The fourth-order valence-electron chi connectivity index (χ4n) is 0.489. The molecule has 50 valence electrons. The molecule has 1 aliphatic carbocycles. The summed E-state index contributed by atoms with van der Waals surface area (Å²) in [6.07, 6.45) is 2.67. The maximum Gasteiger partial charge on any atom is 0.0963 e. The zero-order valence-electron chi connectivity index (χ0n) is 5.02. The minimum atomic E-state index is 0. The Morgan fingerprint density at radius 1 is 1.62 bits per heavy atom. The Labute approximate surface area is 56.0 Å². The number of rotatable bonds is 3. The average molecular weight is 138 g/mol. The van der Waals surface area contributed by atoms with E-state index in [1.165, 1.54) is 12.8 Å². The van der Waals surface area contributed by atoms with Crippen molar-refractivity contribution in [3.05, 3.63) is 0 Å². The average Bonchev–Trinajstić information content (AvgIpc) is 2.42. The van der Waals surface area contributed by atoms with E-state index in [1.54, 1.807) is 7.11 Å². The van der Waals surface area contributed by atoms with Crippen molar-refractivity contribution in [3.8, 4) is 0 Å². The predicted octanol–water partition coefficient (Wildman–Crippen LogP) is 0.764. The minimum Gasteiger partial charge on any atom is -0.370 e. The number of nitrogens with one attached hydrogen (secondary N) is 1. The van der Waals surface area contributed by atoms with Crippen LogP contribution in [0.25, 0.3) is 0 Å². The third-order valence-electron chi connectivity index (χ3n) is 1.09. The maximum atomic E-state index is 4.78. The Morgan fingerprint density at radius 3 is 2.62 bits per heavy atom. The molecule has 8 heavy (non-hydrogen) atoms. The summed E-state index contributed by atoms with van der Waals surface area (Å²) in [5.74, 6) is 0. The summed E-state index contributed by atoms with van der Waals surface area (Å²) in [4.78, 5) is 0. The van der Waals surface area contributed by atoms with Crippen molar-refractivity contribution >= 4 is 12.4 Å². The van der Waals surface area contributed by atoms with Crippen LogP contribution in [0.1, 0.15) is 12.8 Å². The molecule has 0 aromatic carbocycles. The van der Waals surface area contributed by atoms with Crippen LogP contribution in [-0.2, 0) is 4.74 Å². The van der Waals surface area contributed by atoms with Gasteiger partial charge in [0.2, 0.25) is 0 Å². The molecule has 1 saturated carbocycles. The molecule has 3 heteroatoms. The van der Waals surface area contributed by atoms with Crippen LogP contribution >= 0.6 is 12.4 Å². The molecule has 0 radical (unpaired) electrons. The van der Waals surface area contributed by atoms with Crippen molar-refractivity contribution < 1.29 is 4.74 Å². The smallest absolute Gasteiger partial charge is 0.0963 e. The van der Waals surface area contributed by atoms with Gasteiger partial charge in [-0.15, -0.1) is 12.4 Å². The van der Waals surface area contributed by atoms with Crippen LogP contribution in [0.4, 0.5) is 0 Å². The molecule has 1 fully saturated rings. The zero-order chi connectivity index (χ0) is 5.11. The molecule has 0 unspecified atom stereocenters. The highest BCUT2D eigenvalue weighted by Crippen LogP contribution is 2.17. The van der Waals surface area contributed by atoms with Gasteiger partial charge >= 0.3 is 0 Å². The topological polar surface area (TPSA) is 21.3 Å². The van der Waals surface area contributed by atoms with E-state index in [9.17, 15) is 0 Å². The Bertz CT molecular complexity index is 56.4. The molecule has 0 saturated heterocycles. The Hall–Kier alpha value is 0.210. The van der Waals surface area contributed by atoms with Gasteiger partial charge in [0, 0.05) is 13.2 Å². The van der Waals surface area contributed by atoms with E-state index in [0.717, 1.165) is 6.04 Å². The highest BCUT2D eigenvalue weighted by atomic mass is 35.5. The van der Waals surface area contributed by atoms with Crippen molar-refractivity contribution in [2.45, 2.75) is 18.9 Å². The highest BCUT2D eigenvalue weighted by Gasteiger charge is 2.19. The Balaban J connectivity index is 0.000000490. The number of ether oxygens (including phenoxy) is 1. The molecule has 0 spiro atoms. The van der Waals surface area contributed by atoms with Crippen LogP contribution in [0.3, 0.4) is 0 Å². The van der Waals surface area contributed by atoms with Gasteiger partial charge in [0.05, 0.1) is 6.73 Å². The van der Waals surface area contributed by atoms with Gasteiger partial charge in [0.1, 0.15) is 0 Å². The molecule has 0 heterocycles. The summed E-state index contributed by atoms with van der Waals surface area (Å²) in [5, 5.41) is 3.18. The molecule has 0 atom stereocenters. The Morgan fingerprint density at radius 2 is 2.25 bits per heavy atom. The number of hydrogen-bond donors (Lipinski definition) is 1. The van der Waals surface area contributed by atoms with Crippen LogP contribution in [0.15, 0.2) is 0 Å². The fourth-order valence-corrected chi connectivity index (χ4v) is 0.489. The summed E-state index contributed by atoms with van der Waals surface area (Å²) >= 11 is 0. The first-order valence-electron chi connectivity index (χ1n) is 2.66. The molecule has 1 N–H and O–H groups in total. The molecule has 0 aliphatic heterocycles. The van der Waals surface area contributed by atoms with Crippen LogP contribution in [0.5, 0.6) is 0 Å². The zero-order valence-corrected chi connectivity index (χ0v) is 5.83. The van der Waals surface area contributed by atoms with Gasteiger partial charge < -0.3 is 4.74 Å². The van der Waals surface area contributed by atoms with Crippen LogP contribution in [0, 0.1) is 0 Å². The van der Waals surface area contributed by atoms with Crippen LogP contribution in [0.2, 0.25) is 0 Å². The molecule has 0 amide bonds. The minimum absolute atomic E-state index is 0. The van der Waals surface area contributed by atoms with E-state index in [0.29, 0.717) is 6.73 Å². The van der Waals surface area contributed by atoms with E-state index < -0.39 is 0 Å². The molecular formula is C5H12ClNO. The lowest BCUT2D eigenvalue weighted by molar-refractivity contribution is 0.174. The lowest BCUT2D eigenvalue weighted by atomic mass is 10.7. The third-order valence-corrected chi connectivity index (χ3v) is 1.09. The monoisotopic (exact) mass is 137 g/mol. The summed E-state index contributed by atoms with van der Waals surface area (Å²) in [5.41, 5.74) is 0. The first kappa shape index (κ1) is 8.21. The van der Waals surface area contributed by atoms with Crippen LogP contribution < -0.4 is 5.32 Å². The first-order valence-corrected chi connectivity index (χ1v) is 2.66. The second-order valence-corrected chi connectivity index (χ2v) is 1.91. The molecular weight excluding hydrogens is 126 g/mol. The molecule has 1 aliphatic rings. The van der Waals surface area contributed by atoms with E-state index in [2.05, 4.69) is 5.32 Å². The molecule has 0 aromatic rings. The van der Waals surface area contributed by atoms with Crippen molar-refractivity contribution in [2.75, 3.05) is 13.8 Å². The maximum absolute atomic E-state index is 4.78. The van der Waals surface area contributed by atoms with Crippen molar-refractivity contribution in [1.29, 1.82) is 0 Å². The van der Waals surface area contributed by atoms with Gasteiger partial charge in [-0.1, -0.05) is 0 Å². The van der Waals surface area contributed by atoms with E-state index >= 15 is 0 Å². The van der Waals surface area contributed by atoms with Gasteiger partial charge in [-0.05, 0) is 12.8 Å². The lowest BCUT2D eigenvalue weighted by Gasteiger charge is -1.96. The second kappa shape index (κ2) is 4.13. The fraction of sp³-hybridized carbons (Fsp3) is 1.00. The van der Waals surface area contributed by atoms with Gasteiger partial charge in [-0.25, -0.2) is 0 Å². The standard InChI is InChI=1S/C5H11NO.ClH/c1-7-4-6-5-2-3-5;/h5-6H,2-4H2,1H3;1H. The second-order valence-electron chi connectivity index (χ2n) is 1.91. The van der Waals surface area contributed by atoms with Crippen molar-refractivity contribution in [1.82, 2.24) is 5.32 Å². The predicted molar refractivity (Wildman–Crippen MR) is 35.3 cm³/mol. The highest BCUT2D eigenvalue weighted by molar-refractivity contribution is 5.85. The third kappa shape index (κ3) is 3.24. The van der Waals surface area contributed by atoms with Gasteiger partial charge in [-0.2, -0.15) is 0 Å². The van der Waals surface area contributed by atoms with Gasteiger partial charge in [-0.3, -0.25) is 5.32 Å². The normalized spacial score (nSPS) is 17.6. The quantitative estimate of drug-likeness (QED) is 0.580. The summed E-state index contributed by atoms with van der Waals surface area (Å²) in [6.45, 7) is 0.713. The lowest BCUT2D eigenvalue weighted by Crippen LogP contribution is -2.18. The van der Waals surface area contributed by atoms with Crippen LogP contribution in [-0.4, -0.2) is 19.9 Å². The van der Waals surface area contributed by atoms with E-state index in [4.69, 9.17) is 4.74 Å². The molecule has 0 bridgehead atoms. The number of halogens is 1. The van der Waals surface area contributed by atoms with Gasteiger partial charge in [0.25, 0.3) is 0 Å². The first-order chi connectivity index (χ1) is 3.43. The van der Waals surface area contributed by atoms with Crippen molar-refractivity contribution in [3.63, 3.8) is 0 Å². The molecule has 0 aromatic heterocycles. The summed E-state index contributed by atoms with van der Waals surface area (Å²) < 4.78 is 4.78. The Kier molecular flexibility index (Phi) is 4.23. The van der Waals surface area contributed by atoms with E-state index in [-0.39, 0.29) is 12.4 Å².